The molecule has 4 aliphatic rings. The molecule has 0 aromatic heterocycles. The smallest absolute Gasteiger partial charge is 0.196 e. The number of likely N-dealkylation sites (N-methyl/N-ethyl adjacent to an activating group) is 1. The first-order valence-electron chi connectivity index (χ1n) is 8.05. The molecule has 1 aromatic rings. The Morgan fingerprint density at radius 1 is 1.42 bits per heavy atom. The number of ether oxygens (including phenoxy) is 2. The van der Waals surface area contributed by atoms with E-state index >= 15 is 0 Å². The summed E-state index contributed by atoms with van der Waals surface area (Å²) < 4.78 is 11.6. The largest absolute Gasteiger partial charge is 0.493 e. The van der Waals surface area contributed by atoms with Crippen LogP contribution in [-0.4, -0.2) is 59.7 Å². The standard InChI is InChI=1S/C18H19NO4.H2O/c1-19-8-7-17-14-10-3-4-12(22-2)15(14)23-16(17)11(20)5-6-18(17,21)13(19)9-10;/h3-6,13,16,21H,7-9H2,1-2H3;1H2/t13-,16+,17+,18-;/m1./s1. The molecule has 24 heavy (non-hydrogen) atoms. The van der Waals surface area contributed by atoms with Gasteiger partial charge in [0.25, 0.3) is 0 Å². The highest BCUT2D eigenvalue weighted by molar-refractivity contribution is 5.99. The van der Waals surface area contributed by atoms with Crippen molar-refractivity contribution in [3.8, 4) is 11.5 Å². The van der Waals surface area contributed by atoms with Crippen molar-refractivity contribution in [3.63, 3.8) is 0 Å². The van der Waals surface area contributed by atoms with Gasteiger partial charge in [-0.2, -0.15) is 0 Å². The molecule has 1 aromatic carbocycles. The number of likely N-dealkylation sites (tertiary alicyclic amines) is 1. The van der Waals surface area contributed by atoms with Crippen LogP contribution in [0.5, 0.6) is 11.5 Å². The summed E-state index contributed by atoms with van der Waals surface area (Å²) in [5.74, 6) is 1.22. The average Bonchev–Trinajstić information content (AvgIpc) is 2.90. The maximum absolute atomic E-state index is 12.6. The van der Waals surface area contributed by atoms with E-state index in [1.165, 1.54) is 6.08 Å². The first-order chi connectivity index (χ1) is 11.0. The highest BCUT2D eigenvalue weighted by Gasteiger charge is 2.71. The molecule has 2 heterocycles. The minimum Gasteiger partial charge on any atom is -0.493 e. The fraction of sp³-hybridized carbons (Fsp3) is 0.500. The van der Waals surface area contributed by atoms with Gasteiger partial charge in [0.1, 0.15) is 5.60 Å². The lowest BCUT2D eigenvalue weighted by Gasteiger charge is -2.60. The number of aliphatic hydroxyl groups is 1. The van der Waals surface area contributed by atoms with Gasteiger partial charge in [0.15, 0.2) is 23.4 Å². The van der Waals surface area contributed by atoms with Crippen LogP contribution in [0, 0.1) is 0 Å². The fourth-order valence-electron chi connectivity index (χ4n) is 5.28. The minimum absolute atomic E-state index is 0. The van der Waals surface area contributed by atoms with Crippen molar-refractivity contribution >= 4 is 5.78 Å². The van der Waals surface area contributed by atoms with Gasteiger partial charge in [-0.3, -0.25) is 9.69 Å². The second kappa shape index (κ2) is 4.59. The Morgan fingerprint density at radius 2 is 2.21 bits per heavy atom. The zero-order valence-corrected chi connectivity index (χ0v) is 13.7. The van der Waals surface area contributed by atoms with E-state index in [1.807, 2.05) is 13.1 Å². The predicted molar refractivity (Wildman–Crippen MR) is 86.5 cm³/mol. The van der Waals surface area contributed by atoms with Gasteiger partial charge < -0.3 is 20.1 Å². The Labute approximate surface area is 140 Å². The summed E-state index contributed by atoms with van der Waals surface area (Å²) in [6.07, 6.45) is 4.00. The number of hydrogen-bond donors (Lipinski definition) is 1. The van der Waals surface area contributed by atoms with Crippen LogP contribution in [0.1, 0.15) is 17.5 Å². The molecule has 0 amide bonds. The summed E-state index contributed by atoms with van der Waals surface area (Å²) in [5.41, 5.74) is 0.385. The van der Waals surface area contributed by atoms with Crippen LogP contribution in [0.15, 0.2) is 24.3 Å². The summed E-state index contributed by atoms with van der Waals surface area (Å²) >= 11 is 0. The zero-order valence-electron chi connectivity index (χ0n) is 13.7. The van der Waals surface area contributed by atoms with Crippen molar-refractivity contribution in [1.82, 2.24) is 4.90 Å². The number of rotatable bonds is 1. The Kier molecular flexibility index (Phi) is 2.99. The number of hydrogen-bond acceptors (Lipinski definition) is 5. The van der Waals surface area contributed by atoms with Crippen molar-refractivity contribution in [2.24, 2.45) is 0 Å². The van der Waals surface area contributed by atoms with Crippen LogP contribution in [0.3, 0.4) is 0 Å². The molecule has 0 radical (unpaired) electrons. The first-order valence-corrected chi connectivity index (χ1v) is 8.05. The quantitative estimate of drug-likeness (QED) is 0.782. The lowest BCUT2D eigenvalue weighted by atomic mass is 9.51. The molecular formula is C18H21NO5. The Balaban J connectivity index is 0.00000146. The molecule has 2 bridgehead atoms. The number of piperidine rings is 1. The van der Waals surface area contributed by atoms with Gasteiger partial charge in [-0.25, -0.2) is 0 Å². The molecule has 6 heteroatoms. The highest BCUT2D eigenvalue weighted by atomic mass is 16.5. The van der Waals surface area contributed by atoms with Crippen LogP contribution in [0.4, 0.5) is 0 Å². The van der Waals surface area contributed by atoms with Crippen molar-refractivity contribution in [3.05, 3.63) is 35.4 Å². The normalized spacial score (nSPS) is 38.2. The van der Waals surface area contributed by atoms with E-state index in [2.05, 4.69) is 11.0 Å². The van der Waals surface area contributed by atoms with Gasteiger partial charge in [0, 0.05) is 11.6 Å². The number of benzene rings is 1. The topological polar surface area (TPSA) is 90.5 Å². The van der Waals surface area contributed by atoms with Gasteiger partial charge in [-0.1, -0.05) is 6.07 Å². The lowest BCUT2D eigenvalue weighted by molar-refractivity contribution is -0.151. The van der Waals surface area contributed by atoms with Crippen LogP contribution in [0.2, 0.25) is 0 Å². The third kappa shape index (κ3) is 1.41. The Morgan fingerprint density at radius 3 is 2.96 bits per heavy atom. The fourth-order valence-corrected chi connectivity index (χ4v) is 5.28. The van der Waals surface area contributed by atoms with Gasteiger partial charge in [0.05, 0.1) is 12.5 Å². The summed E-state index contributed by atoms with van der Waals surface area (Å²) in [4.78, 5) is 14.8. The molecule has 1 spiro atoms. The summed E-state index contributed by atoms with van der Waals surface area (Å²) in [5, 5.41) is 11.7. The zero-order chi connectivity index (χ0) is 16.0. The molecule has 0 saturated carbocycles. The van der Waals surface area contributed by atoms with Gasteiger partial charge in [0.2, 0.25) is 0 Å². The number of methoxy groups -OCH3 is 1. The van der Waals surface area contributed by atoms with E-state index in [9.17, 15) is 9.90 Å². The number of carbonyl (C=O) groups excluding carboxylic acids is 1. The highest BCUT2D eigenvalue weighted by Crippen LogP contribution is 2.63. The number of carbonyl (C=O) groups is 1. The van der Waals surface area contributed by atoms with Crippen LogP contribution in [-0.2, 0) is 16.6 Å². The van der Waals surface area contributed by atoms with Crippen molar-refractivity contribution in [2.45, 2.75) is 36.0 Å². The molecule has 4 atom stereocenters. The Hall–Kier alpha value is -1.89. The second-order valence-electron chi connectivity index (χ2n) is 7.11. The van der Waals surface area contributed by atoms with E-state index < -0.39 is 17.1 Å². The van der Waals surface area contributed by atoms with Crippen LogP contribution >= 0.6 is 0 Å². The lowest BCUT2D eigenvalue weighted by Crippen LogP contribution is -2.74. The molecule has 2 aliphatic heterocycles. The molecule has 6 nitrogen and oxygen atoms in total. The Bertz CT molecular complexity index is 775. The third-order valence-electron chi connectivity index (χ3n) is 6.34. The molecule has 1 saturated heterocycles. The molecular weight excluding hydrogens is 310 g/mol. The van der Waals surface area contributed by atoms with Crippen LogP contribution < -0.4 is 9.47 Å². The molecule has 128 valence electrons. The molecule has 2 aliphatic carbocycles. The van der Waals surface area contributed by atoms with E-state index in [0.717, 1.165) is 24.1 Å². The van der Waals surface area contributed by atoms with E-state index in [-0.39, 0.29) is 17.3 Å². The van der Waals surface area contributed by atoms with E-state index in [1.54, 1.807) is 13.2 Å². The SMILES string of the molecule is COc1ccc2c3c1O[C@H]1C(=O)C=C[C@@]4(O)[C@@H](C2)N(C)CC[C@]314.O. The second-order valence-corrected chi connectivity index (χ2v) is 7.11. The van der Waals surface area contributed by atoms with Crippen molar-refractivity contribution < 1.29 is 24.9 Å². The maximum Gasteiger partial charge on any atom is 0.196 e. The van der Waals surface area contributed by atoms with Gasteiger partial charge in [-0.05, 0) is 50.2 Å². The van der Waals surface area contributed by atoms with Crippen molar-refractivity contribution in [2.75, 3.05) is 20.7 Å². The van der Waals surface area contributed by atoms with E-state index in [0.29, 0.717) is 17.9 Å². The predicted octanol–water partition coefficient (Wildman–Crippen LogP) is -0.000500. The molecule has 0 unspecified atom stereocenters. The summed E-state index contributed by atoms with van der Waals surface area (Å²) in [7, 11) is 3.65. The maximum atomic E-state index is 12.6. The van der Waals surface area contributed by atoms with Gasteiger partial charge >= 0.3 is 0 Å². The summed E-state index contributed by atoms with van der Waals surface area (Å²) in [6, 6.07) is 3.92. The first kappa shape index (κ1) is 15.6. The monoisotopic (exact) mass is 331 g/mol. The minimum atomic E-state index is -1.08. The van der Waals surface area contributed by atoms with E-state index in [4.69, 9.17) is 9.47 Å². The molecule has 1 fully saturated rings. The molecule has 3 N–H and O–H groups in total. The average molecular weight is 331 g/mol. The van der Waals surface area contributed by atoms with Crippen LogP contribution in [0.25, 0.3) is 0 Å². The summed E-state index contributed by atoms with van der Waals surface area (Å²) in [6.45, 7) is 0.837. The number of nitrogens with zero attached hydrogens (tertiary/aromatic N) is 1. The van der Waals surface area contributed by atoms with Gasteiger partial charge in [-0.15, -0.1) is 0 Å². The third-order valence-corrected chi connectivity index (χ3v) is 6.34. The van der Waals surface area contributed by atoms with Crippen molar-refractivity contribution in [1.29, 1.82) is 0 Å². The molecule has 5 rings (SSSR count). The number of ketones is 1.